The summed E-state index contributed by atoms with van der Waals surface area (Å²) in [6.07, 6.45) is 1.96. The number of rotatable bonds is 13. The van der Waals surface area contributed by atoms with Crippen LogP contribution in [0.4, 0.5) is 0 Å². The van der Waals surface area contributed by atoms with Gasteiger partial charge in [0, 0.05) is 32.6 Å². The molecule has 0 bridgehead atoms. The maximum absolute atomic E-state index is 13.1. The van der Waals surface area contributed by atoms with Crippen molar-refractivity contribution in [2.75, 3.05) is 20.1 Å². The highest BCUT2D eigenvalue weighted by atomic mass is 32.2. The van der Waals surface area contributed by atoms with Gasteiger partial charge in [0.25, 0.3) is 0 Å². The Morgan fingerprint density at radius 2 is 1.53 bits per heavy atom. The molecule has 2 atom stereocenters. The van der Waals surface area contributed by atoms with Gasteiger partial charge in [-0.25, -0.2) is 12.7 Å². The number of carbonyl (C=O) groups excluding carboxylic acids is 2. The molecule has 0 spiro atoms. The lowest BCUT2D eigenvalue weighted by Gasteiger charge is -2.30. The van der Waals surface area contributed by atoms with Gasteiger partial charge >= 0.3 is 0 Å². The molecule has 0 radical (unpaired) electrons. The number of benzene rings is 2. The summed E-state index contributed by atoms with van der Waals surface area (Å²) < 4.78 is 26.7. The molecule has 1 N–H and O–H groups in total. The van der Waals surface area contributed by atoms with Gasteiger partial charge in [-0.2, -0.15) is 0 Å². The average Bonchev–Trinajstić information content (AvgIpc) is 2.84. The van der Waals surface area contributed by atoms with E-state index in [9.17, 15) is 18.0 Å². The van der Waals surface area contributed by atoms with E-state index in [1.54, 1.807) is 42.2 Å². The number of carbonyl (C=O) groups is 2. The number of hydrogen-bond acceptors (Lipinski definition) is 4. The van der Waals surface area contributed by atoms with E-state index in [0.29, 0.717) is 19.4 Å². The average molecular weight is 488 g/mol. The summed E-state index contributed by atoms with van der Waals surface area (Å²) in [5.41, 5.74) is 1.09. The van der Waals surface area contributed by atoms with Crippen molar-refractivity contribution in [3.8, 4) is 0 Å². The summed E-state index contributed by atoms with van der Waals surface area (Å²) in [6, 6.07) is 17.5. The SMILES string of the molecule is CC[C@@H](C)NC(=O)[C@H](C)N(CCc1ccccc1)C(=O)CCCN(C)S(=O)(=O)c1ccccc1. The highest BCUT2D eigenvalue weighted by Gasteiger charge is 2.27. The van der Waals surface area contributed by atoms with Gasteiger partial charge in [0.15, 0.2) is 0 Å². The lowest BCUT2D eigenvalue weighted by Crippen LogP contribution is -2.50. The zero-order valence-electron chi connectivity index (χ0n) is 20.6. The quantitative estimate of drug-likeness (QED) is 0.469. The maximum Gasteiger partial charge on any atom is 0.242 e. The van der Waals surface area contributed by atoms with Crippen LogP contribution >= 0.6 is 0 Å². The molecule has 2 aromatic carbocycles. The number of sulfonamides is 1. The minimum Gasteiger partial charge on any atom is -0.352 e. The van der Waals surface area contributed by atoms with E-state index < -0.39 is 16.1 Å². The Bertz CT molecular complexity index is 1010. The topological polar surface area (TPSA) is 86.8 Å². The minimum atomic E-state index is -3.61. The van der Waals surface area contributed by atoms with Crippen molar-refractivity contribution in [2.45, 2.75) is 63.4 Å². The van der Waals surface area contributed by atoms with Crippen LogP contribution in [0, 0.1) is 0 Å². The van der Waals surface area contributed by atoms with Gasteiger partial charge < -0.3 is 10.2 Å². The molecule has 0 saturated carbocycles. The Balaban J connectivity index is 2.02. The van der Waals surface area contributed by atoms with Crippen LogP contribution in [0.25, 0.3) is 0 Å². The molecule has 0 aromatic heterocycles. The molecular weight excluding hydrogens is 450 g/mol. The molecule has 186 valence electrons. The predicted octanol–water partition coefficient (Wildman–Crippen LogP) is 3.46. The van der Waals surface area contributed by atoms with Gasteiger partial charge in [0.1, 0.15) is 6.04 Å². The number of amides is 2. The molecule has 2 amide bonds. The third-order valence-corrected chi connectivity index (χ3v) is 7.84. The fourth-order valence-corrected chi connectivity index (χ4v) is 4.76. The monoisotopic (exact) mass is 487 g/mol. The van der Waals surface area contributed by atoms with Crippen molar-refractivity contribution in [3.63, 3.8) is 0 Å². The van der Waals surface area contributed by atoms with E-state index in [2.05, 4.69) is 5.32 Å². The molecule has 0 aliphatic carbocycles. The molecular formula is C26H37N3O4S. The van der Waals surface area contributed by atoms with E-state index in [1.807, 2.05) is 44.2 Å². The predicted molar refractivity (Wildman–Crippen MR) is 135 cm³/mol. The van der Waals surface area contributed by atoms with Crippen molar-refractivity contribution in [2.24, 2.45) is 0 Å². The Hall–Kier alpha value is -2.71. The molecule has 0 fully saturated rings. The standard InChI is InChI=1S/C26H37N3O4S/c1-5-21(2)27-26(31)22(3)29(20-18-23-13-8-6-9-14-23)25(30)17-12-19-28(4)34(32,33)24-15-10-7-11-16-24/h6-11,13-16,21-22H,5,12,17-20H2,1-4H3,(H,27,31)/t21-,22+/m1/s1. The lowest BCUT2D eigenvalue weighted by molar-refractivity contribution is -0.140. The van der Waals surface area contributed by atoms with Crippen molar-refractivity contribution < 1.29 is 18.0 Å². The van der Waals surface area contributed by atoms with E-state index in [-0.39, 0.29) is 35.7 Å². The van der Waals surface area contributed by atoms with Gasteiger partial charge in [-0.1, -0.05) is 55.5 Å². The van der Waals surface area contributed by atoms with Crippen LogP contribution in [0.1, 0.15) is 45.6 Å². The highest BCUT2D eigenvalue weighted by molar-refractivity contribution is 7.89. The van der Waals surface area contributed by atoms with Crippen LogP contribution in [0.3, 0.4) is 0 Å². The second-order valence-corrected chi connectivity index (χ2v) is 10.6. The molecule has 7 nitrogen and oxygen atoms in total. The van der Waals surface area contributed by atoms with Crippen molar-refractivity contribution in [1.29, 1.82) is 0 Å². The first kappa shape index (κ1) is 27.5. The Morgan fingerprint density at radius 1 is 0.941 bits per heavy atom. The second kappa shape index (κ2) is 13.2. The van der Waals surface area contributed by atoms with Crippen LogP contribution in [-0.2, 0) is 26.0 Å². The van der Waals surface area contributed by atoms with Crippen LogP contribution in [0.5, 0.6) is 0 Å². The Labute approximate surface area is 204 Å². The zero-order chi connectivity index (χ0) is 25.1. The third kappa shape index (κ3) is 7.95. The molecule has 2 rings (SSSR count). The molecule has 0 aliphatic heterocycles. The normalized spacial score (nSPS) is 13.3. The van der Waals surface area contributed by atoms with Crippen molar-refractivity contribution in [3.05, 3.63) is 66.2 Å². The molecule has 0 unspecified atom stereocenters. The molecule has 0 heterocycles. The fourth-order valence-electron chi connectivity index (χ4n) is 3.52. The molecule has 2 aromatic rings. The summed E-state index contributed by atoms with van der Waals surface area (Å²) in [4.78, 5) is 27.7. The number of hydrogen-bond donors (Lipinski definition) is 1. The zero-order valence-corrected chi connectivity index (χ0v) is 21.4. The fraction of sp³-hybridized carbons (Fsp3) is 0.462. The van der Waals surface area contributed by atoms with Crippen molar-refractivity contribution >= 4 is 21.8 Å². The minimum absolute atomic E-state index is 0.0258. The Kier molecular flexibility index (Phi) is 10.7. The lowest BCUT2D eigenvalue weighted by atomic mass is 10.1. The summed E-state index contributed by atoms with van der Waals surface area (Å²) >= 11 is 0. The van der Waals surface area contributed by atoms with Gasteiger partial charge in [0.2, 0.25) is 21.8 Å². The van der Waals surface area contributed by atoms with E-state index >= 15 is 0 Å². The summed E-state index contributed by atoms with van der Waals surface area (Å²) in [6.45, 7) is 6.29. The van der Waals surface area contributed by atoms with Gasteiger partial charge in [0.05, 0.1) is 4.90 Å². The smallest absolute Gasteiger partial charge is 0.242 e. The number of nitrogens with one attached hydrogen (secondary N) is 1. The first-order chi connectivity index (χ1) is 16.2. The molecule has 0 saturated heterocycles. The van der Waals surface area contributed by atoms with Gasteiger partial charge in [-0.05, 0) is 50.8 Å². The molecule has 0 aliphatic rings. The summed E-state index contributed by atoms with van der Waals surface area (Å²) in [5, 5.41) is 2.95. The second-order valence-electron chi connectivity index (χ2n) is 8.56. The Morgan fingerprint density at radius 3 is 2.12 bits per heavy atom. The number of nitrogens with zero attached hydrogens (tertiary/aromatic N) is 2. The van der Waals surface area contributed by atoms with Gasteiger partial charge in [-0.3, -0.25) is 9.59 Å². The van der Waals surface area contributed by atoms with E-state index in [0.717, 1.165) is 12.0 Å². The maximum atomic E-state index is 13.1. The highest BCUT2D eigenvalue weighted by Crippen LogP contribution is 2.15. The molecule has 8 heteroatoms. The van der Waals surface area contributed by atoms with Gasteiger partial charge in [-0.15, -0.1) is 0 Å². The first-order valence-electron chi connectivity index (χ1n) is 11.8. The van der Waals surface area contributed by atoms with Crippen LogP contribution < -0.4 is 5.32 Å². The summed E-state index contributed by atoms with van der Waals surface area (Å²) in [7, 11) is -2.09. The first-order valence-corrected chi connectivity index (χ1v) is 13.3. The third-order valence-electron chi connectivity index (χ3n) is 5.97. The van der Waals surface area contributed by atoms with Crippen LogP contribution in [-0.4, -0.2) is 61.7 Å². The molecule has 34 heavy (non-hydrogen) atoms. The summed E-state index contributed by atoms with van der Waals surface area (Å²) in [5.74, 6) is -0.340. The largest absolute Gasteiger partial charge is 0.352 e. The van der Waals surface area contributed by atoms with E-state index in [1.165, 1.54) is 11.4 Å². The van der Waals surface area contributed by atoms with E-state index in [4.69, 9.17) is 0 Å². The van der Waals surface area contributed by atoms with Crippen molar-refractivity contribution in [1.82, 2.24) is 14.5 Å². The van der Waals surface area contributed by atoms with Crippen LogP contribution in [0.15, 0.2) is 65.6 Å². The van der Waals surface area contributed by atoms with Crippen LogP contribution in [0.2, 0.25) is 0 Å².